The van der Waals surface area contributed by atoms with E-state index in [9.17, 15) is 9.36 Å². The van der Waals surface area contributed by atoms with E-state index in [1.807, 2.05) is 0 Å². The van der Waals surface area contributed by atoms with Crippen molar-refractivity contribution >= 4 is 13.4 Å². The number of hydrogen-bond acceptors (Lipinski definition) is 4. The van der Waals surface area contributed by atoms with Crippen molar-refractivity contribution in [3.63, 3.8) is 0 Å². The van der Waals surface area contributed by atoms with Crippen LogP contribution in [-0.4, -0.2) is 26.2 Å². The van der Waals surface area contributed by atoms with Gasteiger partial charge >= 0.3 is 7.60 Å². The summed E-state index contributed by atoms with van der Waals surface area (Å²) in [6, 6.07) is 0. The van der Waals surface area contributed by atoms with Crippen molar-refractivity contribution in [1.29, 1.82) is 0 Å². The lowest BCUT2D eigenvalue weighted by Crippen LogP contribution is -2.07. The first-order chi connectivity index (χ1) is 6.59. The minimum absolute atomic E-state index is 0.0241. The summed E-state index contributed by atoms with van der Waals surface area (Å²) in [5.74, 6) is 0.701. The summed E-state index contributed by atoms with van der Waals surface area (Å²) >= 11 is 0. The third-order valence-corrected chi connectivity index (χ3v) is 4.31. The van der Waals surface area contributed by atoms with Crippen molar-refractivity contribution in [2.45, 2.75) is 25.7 Å². The number of Topliss-reactive ketones (excluding diaryl/α,β-unsaturated/α-hetero) is 1. The summed E-state index contributed by atoms with van der Waals surface area (Å²) in [5.41, 5.74) is 0. The molecule has 0 radical (unpaired) electrons. The fourth-order valence-electron chi connectivity index (χ4n) is 1.27. The molecule has 0 spiro atoms. The topological polar surface area (TPSA) is 52.6 Å². The third kappa shape index (κ3) is 3.91. The zero-order valence-corrected chi connectivity index (χ0v) is 9.59. The lowest BCUT2D eigenvalue weighted by Gasteiger charge is -2.12. The molecule has 0 N–H and O–H groups in total. The zero-order valence-electron chi connectivity index (χ0n) is 8.69. The molecule has 0 aromatic carbocycles. The highest BCUT2D eigenvalue weighted by Gasteiger charge is 2.27. The van der Waals surface area contributed by atoms with E-state index < -0.39 is 7.60 Å². The van der Waals surface area contributed by atoms with Gasteiger partial charge in [0.1, 0.15) is 11.9 Å². The van der Waals surface area contributed by atoms with Gasteiger partial charge in [-0.15, -0.1) is 0 Å². The van der Waals surface area contributed by atoms with E-state index >= 15 is 0 Å². The zero-order chi connectivity index (χ0) is 10.6. The van der Waals surface area contributed by atoms with Crippen LogP contribution in [0.2, 0.25) is 0 Å². The Bertz CT molecular complexity index is 239. The lowest BCUT2D eigenvalue weighted by molar-refractivity contribution is -0.117. The first-order valence-corrected chi connectivity index (χ1v) is 6.54. The molecule has 0 aromatic heterocycles. The summed E-state index contributed by atoms with van der Waals surface area (Å²) in [6.07, 6.45) is 3.80. The fourth-order valence-corrected chi connectivity index (χ4v) is 2.27. The maximum Gasteiger partial charge on any atom is 0.337 e. The molecular formula is C9H17O4P. The first kappa shape index (κ1) is 11.9. The highest BCUT2D eigenvalue weighted by atomic mass is 31.2. The summed E-state index contributed by atoms with van der Waals surface area (Å²) < 4.78 is 20.9. The van der Waals surface area contributed by atoms with Gasteiger partial charge in [0.25, 0.3) is 0 Å². The minimum atomic E-state index is -3.13. The summed E-state index contributed by atoms with van der Waals surface area (Å²) in [7, 11) is -0.518. The van der Waals surface area contributed by atoms with Gasteiger partial charge in [0.05, 0.1) is 0 Å². The summed E-state index contributed by atoms with van der Waals surface area (Å²) in [5, 5.41) is 0. The van der Waals surface area contributed by atoms with Crippen molar-refractivity contribution in [3.8, 4) is 0 Å². The van der Waals surface area contributed by atoms with Gasteiger partial charge in [-0.1, -0.05) is 12.8 Å². The highest BCUT2D eigenvalue weighted by Crippen LogP contribution is 2.46. The molecule has 0 atom stereocenters. The molecule has 1 saturated carbocycles. The van der Waals surface area contributed by atoms with Gasteiger partial charge in [0, 0.05) is 20.6 Å². The van der Waals surface area contributed by atoms with Crippen molar-refractivity contribution in [2.24, 2.45) is 5.92 Å². The van der Waals surface area contributed by atoms with Crippen LogP contribution in [0.1, 0.15) is 25.7 Å². The Kier molecular flexibility index (Phi) is 4.30. The molecule has 82 valence electrons. The van der Waals surface area contributed by atoms with Crippen molar-refractivity contribution in [1.82, 2.24) is 0 Å². The molecule has 0 aliphatic heterocycles. The van der Waals surface area contributed by atoms with Crippen molar-refractivity contribution < 1.29 is 18.4 Å². The molecule has 1 aliphatic rings. The Morgan fingerprint density at radius 2 is 1.93 bits per heavy atom. The normalized spacial score (nSPS) is 17.0. The largest absolute Gasteiger partial charge is 0.337 e. The van der Waals surface area contributed by atoms with E-state index in [1.54, 1.807) is 0 Å². The van der Waals surface area contributed by atoms with Gasteiger partial charge in [0.2, 0.25) is 0 Å². The number of ketones is 1. The average molecular weight is 220 g/mol. The number of rotatable bonds is 7. The molecule has 1 rings (SSSR count). The molecule has 0 saturated heterocycles. The molecule has 0 unspecified atom stereocenters. The summed E-state index contributed by atoms with van der Waals surface area (Å²) in [6.45, 7) is 0. The maximum atomic E-state index is 11.6. The minimum Gasteiger partial charge on any atom is -0.312 e. The predicted molar refractivity (Wildman–Crippen MR) is 53.5 cm³/mol. The van der Waals surface area contributed by atoms with E-state index in [2.05, 4.69) is 0 Å². The van der Waals surface area contributed by atoms with Crippen LogP contribution in [0.15, 0.2) is 0 Å². The van der Waals surface area contributed by atoms with Gasteiger partial charge in [-0.05, 0) is 12.3 Å². The number of hydrogen-bond donors (Lipinski definition) is 0. The Balaban J connectivity index is 2.26. The molecule has 0 aromatic rings. The van der Waals surface area contributed by atoms with Gasteiger partial charge in [-0.25, -0.2) is 0 Å². The standard InChI is InChI=1S/C9H17O4P/c1-12-14(11,13-2)7-9(10)6-5-8-3-4-8/h8H,3-7H2,1-2H3. The van der Waals surface area contributed by atoms with Crippen LogP contribution in [0.5, 0.6) is 0 Å². The van der Waals surface area contributed by atoms with Gasteiger partial charge < -0.3 is 9.05 Å². The van der Waals surface area contributed by atoms with Crippen LogP contribution < -0.4 is 0 Å². The lowest BCUT2D eigenvalue weighted by atomic mass is 10.2. The second kappa shape index (κ2) is 5.06. The molecule has 1 aliphatic carbocycles. The maximum absolute atomic E-state index is 11.6. The molecule has 0 heterocycles. The molecule has 5 heteroatoms. The van der Waals surface area contributed by atoms with E-state index in [1.165, 1.54) is 27.1 Å². The monoisotopic (exact) mass is 220 g/mol. The molecular weight excluding hydrogens is 203 g/mol. The molecule has 1 fully saturated rings. The third-order valence-electron chi connectivity index (χ3n) is 2.45. The molecule has 4 nitrogen and oxygen atoms in total. The predicted octanol–water partition coefficient (Wildman–Crippen LogP) is 2.23. The van der Waals surface area contributed by atoms with Gasteiger partial charge in [-0.3, -0.25) is 9.36 Å². The van der Waals surface area contributed by atoms with Crippen LogP contribution in [0.3, 0.4) is 0 Å². The van der Waals surface area contributed by atoms with E-state index in [4.69, 9.17) is 9.05 Å². The quantitative estimate of drug-likeness (QED) is 0.617. The van der Waals surface area contributed by atoms with E-state index in [0.717, 1.165) is 12.3 Å². The van der Waals surface area contributed by atoms with E-state index in [-0.39, 0.29) is 11.9 Å². The van der Waals surface area contributed by atoms with Crippen LogP contribution in [-0.2, 0) is 18.4 Å². The Labute approximate surface area is 84.5 Å². The van der Waals surface area contributed by atoms with Crippen molar-refractivity contribution in [3.05, 3.63) is 0 Å². The second-order valence-electron chi connectivity index (χ2n) is 3.65. The van der Waals surface area contributed by atoms with Crippen molar-refractivity contribution in [2.75, 3.05) is 20.4 Å². The summed E-state index contributed by atoms with van der Waals surface area (Å²) in [4.78, 5) is 11.4. The van der Waals surface area contributed by atoms with E-state index in [0.29, 0.717) is 6.42 Å². The molecule has 0 amide bonds. The first-order valence-electron chi connectivity index (χ1n) is 4.82. The van der Waals surface area contributed by atoms with Crippen LogP contribution in [0.25, 0.3) is 0 Å². The fraction of sp³-hybridized carbons (Fsp3) is 0.889. The Hall–Kier alpha value is -0.180. The van der Waals surface area contributed by atoms with Crippen LogP contribution in [0, 0.1) is 5.92 Å². The van der Waals surface area contributed by atoms with Crippen LogP contribution in [0.4, 0.5) is 0 Å². The number of carbonyl (C=O) groups is 1. The van der Waals surface area contributed by atoms with Crippen LogP contribution >= 0.6 is 7.60 Å². The highest BCUT2D eigenvalue weighted by molar-refractivity contribution is 7.54. The van der Waals surface area contributed by atoms with Gasteiger partial charge in [-0.2, -0.15) is 0 Å². The van der Waals surface area contributed by atoms with Gasteiger partial charge in [0.15, 0.2) is 0 Å². The molecule has 14 heavy (non-hydrogen) atoms. The SMILES string of the molecule is COP(=O)(CC(=O)CCC1CC1)OC. The average Bonchev–Trinajstić information content (AvgIpc) is 2.98. The smallest absolute Gasteiger partial charge is 0.312 e. The Morgan fingerprint density at radius 3 is 2.36 bits per heavy atom. The second-order valence-corrected chi connectivity index (χ2v) is 5.92. The molecule has 0 bridgehead atoms. The number of carbonyl (C=O) groups excluding carboxylic acids is 1. The Morgan fingerprint density at radius 1 is 1.36 bits per heavy atom.